The van der Waals surface area contributed by atoms with Gasteiger partial charge in [-0.2, -0.15) is 0 Å². The lowest BCUT2D eigenvalue weighted by Gasteiger charge is -2.20. The summed E-state index contributed by atoms with van der Waals surface area (Å²) >= 11 is 6.85. The monoisotopic (exact) mass is 377 g/mol. The van der Waals surface area contributed by atoms with Crippen LogP contribution in [0, 0.1) is 0 Å². The molecule has 1 amide bonds. The van der Waals surface area contributed by atoms with Crippen LogP contribution >= 0.6 is 31.9 Å². The average Bonchev–Trinajstić information content (AvgIpc) is 2.32. The maximum Gasteiger partial charge on any atom is 0.226 e. The van der Waals surface area contributed by atoms with E-state index in [1.165, 1.54) is 0 Å². The van der Waals surface area contributed by atoms with Gasteiger partial charge in [-0.15, -0.1) is 0 Å². The number of amides is 1. The van der Waals surface area contributed by atoms with Gasteiger partial charge in [-0.3, -0.25) is 4.79 Å². The number of rotatable bonds is 6. The van der Waals surface area contributed by atoms with E-state index in [4.69, 9.17) is 4.74 Å². The number of likely N-dealkylation sites (N-methyl/N-ethyl adjacent to an activating group) is 1. The summed E-state index contributed by atoms with van der Waals surface area (Å²) in [6.07, 6.45) is 0.427. The third kappa shape index (κ3) is 5.50. The van der Waals surface area contributed by atoms with Crippen molar-refractivity contribution in [3.63, 3.8) is 0 Å². The second kappa shape index (κ2) is 7.92. The number of hydrogen-bond acceptors (Lipinski definition) is 2. The van der Waals surface area contributed by atoms with Crippen LogP contribution < -0.4 is 0 Å². The molecule has 0 saturated heterocycles. The Balaban J connectivity index is 2.46. The summed E-state index contributed by atoms with van der Waals surface area (Å²) in [6, 6.07) is 7.80. The van der Waals surface area contributed by atoms with Crippen LogP contribution in [0.25, 0.3) is 0 Å². The molecule has 0 aliphatic rings. The molecule has 1 rings (SSSR count). The van der Waals surface area contributed by atoms with Crippen molar-refractivity contribution in [2.24, 2.45) is 0 Å². The van der Waals surface area contributed by atoms with Crippen molar-refractivity contribution >= 4 is 37.8 Å². The molecule has 0 fully saturated rings. The zero-order valence-corrected chi connectivity index (χ0v) is 13.7. The molecule has 1 aromatic carbocycles. The van der Waals surface area contributed by atoms with E-state index in [1.807, 2.05) is 31.3 Å². The number of alkyl halides is 1. The van der Waals surface area contributed by atoms with Gasteiger partial charge in [-0.1, -0.05) is 44.0 Å². The van der Waals surface area contributed by atoms with Crippen LogP contribution in [0.1, 0.15) is 5.56 Å². The summed E-state index contributed by atoms with van der Waals surface area (Å²) in [5.41, 5.74) is 1.02. The van der Waals surface area contributed by atoms with Gasteiger partial charge < -0.3 is 9.64 Å². The molecule has 1 aromatic rings. The van der Waals surface area contributed by atoms with E-state index in [9.17, 15) is 4.79 Å². The molecule has 100 valence electrons. The third-order valence-corrected chi connectivity index (χ3v) is 3.60. The fourth-order valence-electron chi connectivity index (χ4n) is 1.54. The normalized spacial score (nSPS) is 12.2. The maximum absolute atomic E-state index is 12.0. The lowest BCUT2D eigenvalue weighted by atomic mass is 10.1. The van der Waals surface area contributed by atoms with Crippen LogP contribution in [-0.4, -0.2) is 42.9 Å². The minimum Gasteiger partial charge on any atom is -0.383 e. The molecule has 18 heavy (non-hydrogen) atoms. The summed E-state index contributed by atoms with van der Waals surface area (Å²) in [6.45, 7) is 1.24. The standard InChI is InChI=1S/C13H17Br2NO2/c1-16(8-12(15)9-18-2)13(17)7-10-3-5-11(14)6-4-10/h3-6,12H,7-9H2,1-2H3. The molecular formula is C13H17Br2NO2. The van der Waals surface area contributed by atoms with Crippen molar-refractivity contribution in [2.45, 2.75) is 11.2 Å². The van der Waals surface area contributed by atoms with Crippen LogP contribution in [-0.2, 0) is 16.0 Å². The minimum atomic E-state index is 0.109. The van der Waals surface area contributed by atoms with E-state index in [-0.39, 0.29) is 10.7 Å². The molecule has 0 saturated carbocycles. The SMILES string of the molecule is COCC(Br)CN(C)C(=O)Cc1ccc(Br)cc1. The number of halogens is 2. The average molecular weight is 379 g/mol. The number of nitrogens with zero attached hydrogens (tertiary/aromatic N) is 1. The second-order valence-corrected chi connectivity index (χ2v) is 6.34. The van der Waals surface area contributed by atoms with E-state index in [1.54, 1.807) is 12.0 Å². The second-order valence-electron chi connectivity index (χ2n) is 4.13. The molecule has 0 radical (unpaired) electrons. The van der Waals surface area contributed by atoms with Gasteiger partial charge in [-0.05, 0) is 17.7 Å². The molecule has 0 aliphatic carbocycles. The highest BCUT2D eigenvalue weighted by Gasteiger charge is 2.13. The largest absolute Gasteiger partial charge is 0.383 e. The first-order chi connectivity index (χ1) is 8.52. The van der Waals surface area contributed by atoms with Crippen molar-refractivity contribution in [1.82, 2.24) is 4.90 Å². The summed E-state index contributed by atoms with van der Waals surface area (Å²) in [4.78, 5) is 13.9. The summed E-state index contributed by atoms with van der Waals surface area (Å²) in [5.74, 6) is 0.109. The lowest BCUT2D eigenvalue weighted by Crippen LogP contribution is -2.34. The molecule has 0 heterocycles. The minimum absolute atomic E-state index is 0.109. The first kappa shape index (κ1) is 15.7. The molecule has 0 aromatic heterocycles. The Morgan fingerprint density at radius 2 is 2.00 bits per heavy atom. The number of ether oxygens (including phenoxy) is 1. The fraction of sp³-hybridized carbons (Fsp3) is 0.462. The zero-order chi connectivity index (χ0) is 13.5. The zero-order valence-electron chi connectivity index (χ0n) is 10.5. The Bertz CT molecular complexity index is 381. The molecule has 5 heteroatoms. The van der Waals surface area contributed by atoms with Crippen LogP contribution in [0.5, 0.6) is 0 Å². The molecule has 0 N–H and O–H groups in total. The molecule has 3 nitrogen and oxygen atoms in total. The molecule has 0 aliphatic heterocycles. The van der Waals surface area contributed by atoms with Crippen molar-refractivity contribution < 1.29 is 9.53 Å². The first-order valence-electron chi connectivity index (χ1n) is 5.64. The van der Waals surface area contributed by atoms with E-state index in [0.717, 1.165) is 10.0 Å². The van der Waals surface area contributed by atoms with Crippen LogP contribution in [0.15, 0.2) is 28.7 Å². The highest BCUT2D eigenvalue weighted by atomic mass is 79.9. The number of carbonyl (C=O) groups excluding carboxylic acids is 1. The number of hydrogen-bond donors (Lipinski definition) is 0. The van der Waals surface area contributed by atoms with Crippen LogP contribution in [0.2, 0.25) is 0 Å². The third-order valence-electron chi connectivity index (χ3n) is 2.51. The Kier molecular flexibility index (Phi) is 6.89. The molecular weight excluding hydrogens is 362 g/mol. The lowest BCUT2D eigenvalue weighted by molar-refractivity contribution is -0.129. The first-order valence-corrected chi connectivity index (χ1v) is 7.35. The highest BCUT2D eigenvalue weighted by Crippen LogP contribution is 2.12. The van der Waals surface area contributed by atoms with Crippen LogP contribution in [0.3, 0.4) is 0 Å². The Labute approximate surface area is 125 Å². The van der Waals surface area contributed by atoms with Crippen molar-refractivity contribution in [1.29, 1.82) is 0 Å². The molecule has 0 bridgehead atoms. The summed E-state index contributed by atoms with van der Waals surface area (Å²) in [7, 11) is 3.46. The van der Waals surface area contributed by atoms with Gasteiger partial charge in [0.05, 0.1) is 17.9 Å². The molecule has 1 atom stereocenters. The van der Waals surface area contributed by atoms with Gasteiger partial charge in [0, 0.05) is 25.2 Å². The van der Waals surface area contributed by atoms with Gasteiger partial charge in [0.2, 0.25) is 5.91 Å². The van der Waals surface area contributed by atoms with Gasteiger partial charge >= 0.3 is 0 Å². The van der Waals surface area contributed by atoms with Crippen molar-refractivity contribution in [3.8, 4) is 0 Å². The van der Waals surface area contributed by atoms with Gasteiger partial charge in [0.15, 0.2) is 0 Å². The Morgan fingerprint density at radius 3 is 2.56 bits per heavy atom. The predicted octanol–water partition coefficient (Wildman–Crippen LogP) is 2.86. The smallest absolute Gasteiger partial charge is 0.226 e. The van der Waals surface area contributed by atoms with Crippen molar-refractivity contribution in [2.75, 3.05) is 27.3 Å². The molecule has 0 spiro atoms. The summed E-state index contributed by atoms with van der Waals surface area (Å²) < 4.78 is 6.05. The predicted molar refractivity (Wildman–Crippen MR) is 80.1 cm³/mol. The maximum atomic E-state index is 12.0. The summed E-state index contributed by atoms with van der Waals surface area (Å²) in [5, 5.41) is 0. The number of benzene rings is 1. The van der Waals surface area contributed by atoms with Gasteiger partial charge in [-0.25, -0.2) is 0 Å². The van der Waals surface area contributed by atoms with E-state index in [2.05, 4.69) is 31.9 Å². The van der Waals surface area contributed by atoms with Crippen LogP contribution in [0.4, 0.5) is 0 Å². The highest BCUT2D eigenvalue weighted by molar-refractivity contribution is 9.10. The van der Waals surface area contributed by atoms with E-state index < -0.39 is 0 Å². The van der Waals surface area contributed by atoms with Crippen molar-refractivity contribution in [3.05, 3.63) is 34.3 Å². The number of carbonyl (C=O) groups is 1. The number of methoxy groups -OCH3 is 1. The quantitative estimate of drug-likeness (QED) is 0.712. The fourth-order valence-corrected chi connectivity index (χ4v) is 2.51. The molecule has 1 unspecified atom stereocenters. The van der Waals surface area contributed by atoms with E-state index >= 15 is 0 Å². The van der Waals surface area contributed by atoms with Gasteiger partial charge in [0.25, 0.3) is 0 Å². The van der Waals surface area contributed by atoms with Gasteiger partial charge in [0.1, 0.15) is 0 Å². The topological polar surface area (TPSA) is 29.5 Å². The Morgan fingerprint density at radius 1 is 1.39 bits per heavy atom. The van der Waals surface area contributed by atoms with E-state index in [0.29, 0.717) is 19.6 Å². The Hall–Kier alpha value is -0.390.